The monoisotopic (exact) mass is 458 g/mol. The molecule has 0 saturated heterocycles. The third-order valence-corrected chi connectivity index (χ3v) is 5.61. The SMILES string of the molecule is C[C@@H](c1cccc(Oc2ccccc2)c1)N1C(=O)[C@H](NC(=O)OC(C)(C)C)Cc2ccccc21. The van der Waals surface area contributed by atoms with Gasteiger partial charge in [-0.15, -0.1) is 0 Å². The summed E-state index contributed by atoms with van der Waals surface area (Å²) in [6, 6.07) is 24.1. The van der Waals surface area contributed by atoms with Crippen LogP contribution in [-0.4, -0.2) is 23.6 Å². The Bertz CT molecular complexity index is 1170. The summed E-state index contributed by atoms with van der Waals surface area (Å²) in [5.74, 6) is 1.26. The molecule has 1 heterocycles. The van der Waals surface area contributed by atoms with Crippen molar-refractivity contribution in [3.8, 4) is 11.5 Å². The predicted molar refractivity (Wildman–Crippen MR) is 132 cm³/mol. The molecular formula is C28H30N2O4. The first-order valence-electron chi connectivity index (χ1n) is 11.4. The van der Waals surface area contributed by atoms with Gasteiger partial charge in [0.25, 0.3) is 5.91 Å². The Morgan fingerprint density at radius 1 is 0.971 bits per heavy atom. The van der Waals surface area contributed by atoms with Crippen LogP contribution in [0.25, 0.3) is 0 Å². The average molecular weight is 459 g/mol. The number of hydrogen-bond acceptors (Lipinski definition) is 4. The summed E-state index contributed by atoms with van der Waals surface area (Å²) >= 11 is 0. The van der Waals surface area contributed by atoms with E-state index >= 15 is 0 Å². The molecular weight excluding hydrogens is 428 g/mol. The number of carbonyl (C=O) groups is 2. The van der Waals surface area contributed by atoms with E-state index in [1.165, 1.54) is 0 Å². The number of nitrogens with one attached hydrogen (secondary N) is 1. The van der Waals surface area contributed by atoms with Gasteiger partial charge in [0.2, 0.25) is 0 Å². The molecule has 3 aromatic rings. The highest BCUT2D eigenvalue weighted by atomic mass is 16.6. The van der Waals surface area contributed by atoms with E-state index < -0.39 is 17.7 Å². The van der Waals surface area contributed by atoms with Crippen molar-refractivity contribution >= 4 is 17.7 Å². The standard InChI is InChI=1S/C28H30N2O4/c1-19(20-12-10-15-23(17-20)33-22-13-6-5-7-14-22)30-25-16-9-8-11-21(25)18-24(26(30)31)29-27(32)34-28(2,3)4/h5-17,19,24H,18H2,1-4H3,(H,29,32)/t19-,24+/m0/s1. The number of alkyl carbamates (subject to hydrolysis) is 1. The van der Waals surface area contributed by atoms with Gasteiger partial charge in [-0.05, 0) is 69.2 Å². The largest absolute Gasteiger partial charge is 0.457 e. The fourth-order valence-electron chi connectivity index (χ4n) is 4.09. The first-order valence-corrected chi connectivity index (χ1v) is 11.4. The van der Waals surface area contributed by atoms with E-state index in [4.69, 9.17) is 9.47 Å². The number of rotatable bonds is 5. The summed E-state index contributed by atoms with van der Waals surface area (Å²) in [5, 5.41) is 2.77. The number of anilines is 1. The lowest BCUT2D eigenvalue weighted by atomic mass is 9.94. The third-order valence-electron chi connectivity index (χ3n) is 5.61. The number of fused-ring (bicyclic) bond motifs is 1. The van der Waals surface area contributed by atoms with E-state index in [9.17, 15) is 9.59 Å². The van der Waals surface area contributed by atoms with E-state index in [1.54, 1.807) is 25.7 Å². The van der Waals surface area contributed by atoms with Gasteiger partial charge in [0.1, 0.15) is 23.1 Å². The second-order valence-corrected chi connectivity index (χ2v) is 9.40. The molecule has 0 bridgehead atoms. The van der Waals surface area contributed by atoms with Crippen LogP contribution >= 0.6 is 0 Å². The fraction of sp³-hybridized carbons (Fsp3) is 0.286. The van der Waals surface area contributed by atoms with Crippen LogP contribution in [0.15, 0.2) is 78.9 Å². The molecule has 3 aromatic carbocycles. The second kappa shape index (κ2) is 9.59. The number of ether oxygens (including phenoxy) is 2. The van der Waals surface area contributed by atoms with Gasteiger partial charge in [0.05, 0.1) is 6.04 Å². The van der Waals surface area contributed by atoms with Crippen LogP contribution in [0.5, 0.6) is 11.5 Å². The quantitative estimate of drug-likeness (QED) is 0.507. The maximum absolute atomic E-state index is 13.6. The molecule has 0 unspecified atom stereocenters. The molecule has 1 aliphatic rings. The molecule has 0 aromatic heterocycles. The summed E-state index contributed by atoms with van der Waals surface area (Å²) in [6.45, 7) is 7.36. The summed E-state index contributed by atoms with van der Waals surface area (Å²) in [5.41, 5.74) is 2.11. The zero-order chi connectivity index (χ0) is 24.3. The Kier molecular flexibility index (Phi) is 6.59. The minimum atomic E-state index is -0.712. The van der Waals surface area contributed by atoms with Gasteiger partial charge >= 0.3 is 6.09 Å². The normalized spacial score (nSPS) is 16.4. The smallest absolute Gasteiger partial charge is 0.408 e. The van der Waals surface area contributed by atoms with Gasteiger partial charge < -0.3 is 19.7 Å². The van der Waals surface area contributed by atoms with Crippen LogP contribution in [0.3, 0.4) is 0 Å². The van der Waals surface area contributed by atoms with E-state index in [0.29, 0.717) is 12.2 Å². The number of para-hydroxylation sites is 2. The molecule has 2 atom stereocenters. The van der Waals surface area contributed by atoms with Crippen molar-refractivity contribution in [1.82, 2.24) is 5.32 Å². The van der Waals surface area contributed by atoms with Crippen LogP contribution in [0.4, 0.5) is 10.5 Å². The Morgan fingerprint density at radius 2 is 1.65 bits per heavy atom. The first kappa shape index (κ1) is 23.4. The molecule has 1 aliphatic heterocycles. The van der Waals surface area contributed by atoms with Crippen molar-refractivity contribution < 1.29 is 19.1 Å². The van der Waals surface area contributed by atoms with Crippen molar-refractivity contribution in [3.05, 3.63) is 90.0 Å². The summed E-state index contributed by atoms with van der Waals surface area (Å²) < 4.78 is 11.4. The number of benzene rings is 3. The van der Waals surface area contributed by atoms with Crippen LogP contribution in [0.2, 0.25) is 0 Å². The summed E-state index contributed by atoms with van der Waals surface area (Å²) in [7, 11) is 0. The lowest BCUT2D eigenvalue weighted by molar-refractivity contribution is -0.121. The van der Waals surface area contributed by atoms with Gasteiger partial charge in [-0.2, -0.15) is 0 Å². The minimum absolute atomic E-state index is 0.175. The van der Waals surface area contributed by atoms with Gasteiger partial charge in [-0.1, -0.05) is 48.5 Å². The molecule has 0 radical (unpaired) electrons. The molecule has 0 spiro atoms. The van der Waals surface area contributed by atoms with Gasteiger partial charge in [-0.3, -0.25) is 4.79 Å². The maximum Gasteiger partial charge on any atom is 0.408 e. The highest BCUT2D eigenvalue weighted by Crippen LogP contribution is 2.36. The number of amides is 2. The van der Waals surface area contributed by atoms with Crippen molar-refractivity contribution in [2.75, 3.05) is 4.90 Å². The summed E-state index contributed by atoms with van der Waals surface area (Å²) in [4.78, 5) is 27.8. The van der Waals surface area contributed by atoms with E-state index in [1.807, 2.05) is 85.8 Å². The average Bonchev–Trinajstić information content (AvgIpc) is 2.79. The second-order valence-electron chi connectivity index (χ2n) is 9.40. The molecule has 34 heavy (non-hydrogen) atoms. The van der Waals surface area contributed by atoms with Crippen LogP contribution < -0.4 is 15.0 Å². The lowest BCUT2D eigenvalue weighted by Crippen LogP contribution is -2.54. The van der Waals surface area contributed by atoms with Crippen molar-refractivity contribution in [2.24, 2.45) is 0 Å². The maximum atomic E-state index is 13.6. The zero-order valence-corrected chi connectivity index (χ0v) is 19.9. The fourth-order valence-corrected chi connectivity index (χ4v) is 4.09. The van der Waals surface area contributed by atoms with Gasteiger partial charge in [-0.25, -0.2) is 4.79 Å². The number of nitrogens with zero attached hydrogens (tertiary/aromatic N) is 1. The highest BCUT2D eigenvalue weighted by Gasteiger charge is 2.37. The topological polar surface area (TPSA) is 67.9 Å². The van der Waals surface area contributed by atoms with Crippen molar-refractivity contribution in [2.45, 2.75) is 51.8 Å². The summed E-state index contributed by atoms with van der Waals surface area (Å²) in [6.07, 6.45) is -0.190. The van der Waals surface area contributed by atoms with Crippen molar-refractivity contribution in [1.29, 1.82) is 0 Å². The Balaban J connectivity index is 1.61. The first-order chi connectivity index (χ1) is 16.2. The molecule has 6 nitrogen and oxygen atoms in total. The molecule has 0 fully saturated rings. The van der Waals surface area contributed by atoms with Gasteiger partial charge in [0, 0.05) is 12.1 Å². The van der Waals surface area contributed by atoms with E-state index in [-0.39, 0.29) is 11.9 Å². The highest BCUT2D eigenvalue weighted by molar-refractivity contribution is 6.02. The van der Waals surface area contributed by atoms with Crippen LogP contribution in [0, 0.1) is 0 Å². The molecule has 6 heteroatoms. The van der Waals surface area contributed by atoms with E-state index in [2.05, 4.69) is 5.32 Å². The number of carbonyl (C=O) groups excluding carboxylic acids is 2. The minimum Gasteiger partial charge on any atom is -0.457 e. The molecule has 176 valence electrons. The van der Waals surface area contributed by atoms with Gasteiger partial charge in [0.15, 0.2) is 0 Å². The van der Waals surface area contributed by atoms with Crippen LogP contribution in [-0.2, 0) is 16.0 Å². The van der Waals surface area contributed by atoms with E-state index in [0.717, 1.165) is 22.6 Å². The Morgan fingerprint density at radius 3 is 2.38 bits per heavy atom. The lowest BCUT2D eigenvalue weighted by Gasteiger charge is -2.38. The Hall–Kier alpha value is -3.80. The molecule has 0 saturated carbocycles. The predicted octanol–water partition coefficient (Wildman–Crippen LogP) is 6.02. The third kappa shape index (κ3) is 5.39. The molecule has 2 amide bonds. The Labute approximate surface area is 200 Å². The molecule has 4 rings (SSSR count). The molecule has 0 aliphatic carbocycles. The van der Waals surface area contributed by atoms with Crippen LogP contribution in [0.1, 0.15) is 44.9 Å². The molecule has 1 N–H and O–H groups in total. The van der Waals surface area contributed by atoms with Crippen molar-refractivity contribution in [3.63, 3.8) is 0 Å². The zero-order valence-electron chi connectivity index (χ0n) is 19.9. The number of hydrogen-bond donors (Lipinski definition) is 1.